The number of ether oxygens (including phenoxy) is 3. The largest absolute Gasteiger partial charge is 0.491 e. The van der Waals surface area contributed by atoms with Crippen molar-refractivity contribution in [2.75, 3.05) is 44.4 Å². The van der Waals surface area contributed by atoms with Crippen LogP contribution in [0.3, 0.4) is 0 Å². The smallest absolute Gasteiger partial charge is 0.160 e. The zero-order valence-corrected chi connectivity index (χ0v) is 18.5. The van der Waals surface area contributed by atoms with Crippen LogP contribution in [0.2, 0.25) is 0 Å². The van der Waals surface area contributed by atoms with E-state index in [4.69, 9.17) is 24.3 Å². The van der Waals surface area contributed by atoms with Crippen LogP contribution in [0.5, 0.6) is 5.75 Å². The standard InChI is InChI=1S/C24H30N4O3/c1-4-20-22(17-6-5-7-18(12-17)30-14-19-15-31-19)26-24-21(13-25-28(24)16(2)3)23(20)27-8-10-29-11-9-27/h5-7,12-13,16,19H,4,8-11,14-15H2,1-3H3. The Bertz CT molecular complexity index is 1070. The first-order chi connectivity index (χ1) is 15.2. The summed E-state index contributed by atoms with van der Waals surface area (Å²) < 4.78 is 18.9. The van der Waals surface area contributed by atoms with Crippen molar-refractivity contribution in [1.82, 2.24) is 14.8 Å². The van der Waals surface area contributed by atoms with Crippen LogP contribution in [0.1, 0.15) is 32.4 Å². The molecule has 2 fully saturated rings. The van der Waals surface area contributed by atoms with Crippen molar-refractivity contribution in [3.63, 3.8) is 0 Å². The molecule has 1 atom stereocenters. The third kappa shape index (κ3) is 4.00. The van der Waals surface area contributed by atoms with Gasteiger partial charge in [0.2, 0.25) is 0 Å². The fourth-order valence-corrected chi connectivity index (χ4v) is 4.27. The van der Waals surface area contributed by atoms with Gasteiger partial charge in [0.1, 0.15) is 18.5 Å². The van der Waals surface area contributed by atoms with E-state index in [2.05, 4.69) is 37.8 Å². The van der Waals surface area contributed by atoms with Crippen LogP contribution < -0.4 is 9.64 Å². The second-order valence-electron chi connectivity index (χ2n) is 8.45. The van der Waals surface area contributed by atoms with Gasteiger partial charge in [0, 0.05) is 30.3 Å². The minimum absolute atomic E-state index is 0.232. The fourth-order valence-electron chi connectivity index (χ4n) is 4.27. The van der Waals surface area contributed by atoms with Crippen LogP contribution in [0.25, 0.3) is 22.3 Å². The predicted molar refractivity (Wildman–Crippen MR) is 121 cm³/mol. The van der Waals surface area contributed by atoms with E-state index in [0.29, 0.717) is 6.61 Å². The highest BCUT2D eigenvalue weighted by Crippen LogP contribution is 2.38. The minimum atomic E-state index is 0.232. The number of benzene rings is 1. The summed E-state index contributed by atoms with van der Waals surface area (Å²) in [7, 11) is 0. The molecule has 0 N–H and O–H groups in total. The molecule has 0 bridgehead atoms. The summed E-state index contributed by atoms with van der Waals surface area (Å²) in [6.07, 6.45) is 3.10. The summed E-state index contributed by atoms with van der Waals surface area (Å²) in [5.74, 6) is 0.849. The van der Waals surface area contributed by atoms with Gasteiger partial charge in [0.05, 0.1) is 42.8 Å². The van der Waals surface area contributed by atoms with Crippen LogP contribution >= 0.6 is 0 Å². The van der Waals surface area contributed by atoms with Gasteiger partial charge in [0.15, 0.2) is 5.65 Å². The van der Waals surface area contributed by atoms with Gasteiger partial charge >= 0.3 is 0 Å². The predicted octanol–water partition coefficient (Wildman–Crippen LogP) is 3.86. The lowest BCUT2D eigenvalue weighted by molar-refractivity contribution is 0.123. The van der Waals surface area contributed by atoms with Crippen LogP contribution in [-0.2, 0) is 15.9 Å². The maximum absolute atomic E-state index is 5.95. The van der Waals surface area contributed by atoms with Gasteiger partial charge in [-0.15, -0.1) is 0 Å². The summed E-state index contributed by atoms with van der Waals surface area (Å²) in [4.78, 5) is 7.60. The number of anilines is 1. The highest BCUT2D eigenvalue weighted by molar-refractivity contribution is 5.95. The average Bonchev–Trinajstić information content (AvgIpc) is 3.53. The maximum atomic E-state index is 5.95. The molecule has 2 aliphatic rings. The number of epoxide rings is 1. The number of rotatable bonds is 7. The molecule has 0 radical (unpaired) electrons. The van der Waals surface area contributed by atoms with E-state index >= 15 is 0 Å². The number of hydrogen-bond donors (Lipinski definition) is 0. The first-order valence-electron chi connectivity index (χ1n) is 11.2. The Labute approximate surface area is 182 Å². The van der Waals surface area contributed by atoms with E-state index in [9.17, 15) is 0 Å². The van der Waals surface area contributed by atoms with Crippen molar-refractivity contribution >= 4 is 16.7 Å². The van der Waals surface area contributed by atoms with Crippen molar-refractivity contribution in [3.8, 4) is 17.0 Å². The van der Waals surface area contributed by atoms with E-state index in [1.807, 2.05) is 23.0 Å². The average molecular weight is 423 g/mol. The Kier molecular flexibility index (Phi) is 5.54. The summed E-state index contributed by atoms with van der Waals surface area (Å²) in [6, 6.07) is 8.48. The lowest BCUT2D eigenvalue weighted by atomic mass is 9.99. The molecule has 2 aromatic heterocycles. The third-order valence-electron chi connectivity index (χ3n) is 5.93. The first kappa shape index (κ1) is 20.3. The summed E-state index contributed by atoms with van der Waals surface area (Å²) in [6.45, 7) is 11.1. The molecule has 5 rings (SSSR count). The Morgan fingerprint density at radius 1 is 1.23 bits per heavy atom. The second-order valence-corrected chi connectivity index (χ2v) is 8.45. The molecule has 3 aromatic rings. The molecular formula is C24H30N4O3. The Morgan fingerprint density at radius 3 is 2.74 bits per heavy atom. The van der Waals surface area contributed by atoms with Gasteiger partial charge in [-0.1, -0.05) is 19.1 Å². The van der Waals surface area contributed by atoms with Gasteiger partial charge < -0.3 is 19.1 Å². The van der Waals surface area contributed by atoms with Gasteiger partial charge in [-0.2, -0.15) is 5.10 Å². The van der Waals surface area contributed by atoms with E-state index in [1.54, 1.807) is 0 Å². The van der Waals surface area contributed by atoms with Crippen molar-refractivity contribution in [2.45, 2.75) is 39.3 Å². The lowest BCUT2D eigenvalue weighted by Crippen LogP contribution is -2.37. The van der Waals surface area contributed by atoms with E-state index in [-0.39, 0.29) is 12.1 Å². The highest BCUT2D eigenvalue weighted by Gasteiger charge is 2.25. The Hall–Kier alpha value is -2.64. The molecular weight excluding hydrogens is 392 g/mol. The monoisotopic (exact) mass is 422 g/mol. The van der Waals surface area contributed by atoms with Crippen molar-refractivity contribution in [1.29, 1.82) is 0 Å². The van der Waals surface area contributed by atoms with Crippen LogP contribution in [0.15, 0.2) is 30.5 Å². The highest BCUT2D eigenvalue weighted by atomic mass is 16.6. The maximum Gasteiger partial charge on any atom is 0.160 e. The zero-order valence-electron chi connectivity index (χ0n) is 18.5. The van der Waals surface area contributed by atoms with Crippen LogP contribution in [0, 0.1) is 0 Å². The number of nitrogens with zero attached hydrogens (tertiary/aromatic N) is 4. The van der Waals surface area contributed by atoms with E-state index in [1.165, 1.54) is 11.3 Å². The molecule has 1 aromatic carbocycles. The number of morpholine rings is 1. The van der Waals surface area contributed by atoms with Gasteiger partial charge in [-0.3, -0.25) is 0 Å². The van der Waals surface area contributed by atoms with Gasteiger partial charge in [-0.05, 0) is 32.4 Å². The molecule has 7 nitrogen and oxygen atoms in total. The normalized spacial score (nSPS) is 18.7. The topological polar surface area (TPSA) is 64.9 Å². The van der Waals surface area contributed by atoms with Gasteiger partial charge in [-0.25, -0.2) is 9.67 Å². The second kappa shape index (κ2) is 8.48. The van der Waals surface area contributed by atoms with E-state index < -0.39 is 0 Å². The SMILES string of the molecule is CCc1c(-c2cccc(OCC3CO3)c2)nc2c(cnn2C(C)C)c1N1CCOCC1. The third-order valence-corrected chi connectivity index (χ3v) is 5.93. The molecule has 2 saturated heterocycles. The zero-order chi connectivity index (χ0) is 21.4. The number of aromatic nitrogens is 3. The number of hydrogen-bond acceptors (Lipinski definition) is 6. The summed E-state index contributed by atoms with van der Waals surface area (Å²) in [5, 5.41) is 5.81. The van der Waals surface area contributed by atoms with Crippen LogP contribution in [-0.4, -0.2) is 60.4 Å². The van der Waals surface area contributed by atoms with Crippen LogP contribution in [0.4, 0.5) is 5.69 Å². The molecule has 0 amide bonds. The minimum Gasteiger partial charge on any atom is -0.491 e. The quantitative estimate of drug-likeness (QED) is 0.539. The Balaban J connectivity index is 1.66. The number of pyridine rings is 1. The molecule has 164 valence electrons. The molecule has 1 unspecified atom stereocenters. The molecule has 0 aliphatic carbocycles. The van der Waals surface area contributed by atoms with Crippen molar-refractivity contribution in [2.24, 2.45) is 0 Å². The number of fused-ring (bicyclic) bond motifs is 1. The molecule has 2 aliphatic heterocycles. The summed E-state index contributed by atoms with van der Waals surface area (Å²) in [5.41, 5.74) is 5.50. The molecule has 0 saturated carbocycles. The molecule has 4 heterocycles. The van der Waals surface area contributed by atoms with Gasteiger partial charge in [0.25, 0.3) is 0 Å². The molecule has 7 heteroatoms. The van der Waals surface area contributed by atoms with Crippen molar-refractivity contribution in [3.05, 3.63) is 36.0 Å². The fraction of sp³-hybridized carbons (Fsp3) is 0.500. The van der Waals surface area contributed by atoms with Crippen molar-refractivity contribution < 1.29 is 14.2 Å². The van der Waals surface area contributed by atoms with E-state index in [0.717, 1.165) is 67.4 Å². The lowest BCUT2D eigenvalue weighted by Gasteiger charge is -2.32. The Morgan fingerprint density at radius 2 is 2.03 bits per heavy atom. The molecule has 0 spiro atoms. The summed E-state index contributed by atoms with van der Waals surface area (Å²) >= 11 is 0. The first-order valence-corrected chi connectivity index (χ1v) is 11.2. The molecule has 31 heavy (non-hydrogen) atoms.